The highest BCUT2D eigenvalue weighted by atomic mass is 35.5. The summed E-state index contributed by atoms with van der Waals surface area (Å²) in [6.07, 6.45) is 1.38. The predicted molar refractivity (Wildman–Crippen MR) is 132 cm³/mol. The number of ether oxygens (including phenoxy) is 1. The quantitative estimate of drug-likeness (QED) is 0.480. The van der Waals surface area contributed by atoms with Crippen molar-refractivity contribution in [3.63, 3.8) is 0 Å². The molecule has 0 aliphatic carbocycles. The molecule has 2 N–H and O–H groups in total. The number of fused-ring (bicyclic) bond motifs is 1. The molecular formula is C26H26ClNO5S. The summed E-state index contributed by atoms with van der Waals surface area (Å²) in [4.78, 5) is 10.8. The Labute approximate surface area is 204 Å². The van der Waals surface area contributed by atoms with Crippen LogP contribution < -0.4 is 9.46 Å². The lowest BCUT2D eigenvalue weighted by Crippen LogP contribution is -2.43. The molecule has 3 aromatic rings. The van der Waals surface area contributed by atoms with Crippen LogP contribution in [0.2, 0.25) is 5.02 Å². The molecule has 0 saturated heterocycles. The van der Waals surface area contributed by atoms with Gasteiger partial charge in [0.15, 0.2) is 0 Å². The fourth-order valence-electron chi connectivity index (χ4n) is 4.25. The molecule has 4 rings (SSSR count). The zero-order valence-corrected chi connectivity index (χ0v) is 20.5. The van der Waals surface area contributed by atoms with Crippen LogP contribution >= 0.6 is 11.6 Å². The molecule has 6 nitrogen and oxygen atoms in total. The van der Waals surface area contributed by atoms with E-state index in [0.29, 0.717) is 17.2 Å². The zero-order valence-electron chi connectivity index (χ0n) is 18.9. The van der Waals surface area contributed by atoms with Gasteiger partial charge in [-0.1, -0.05) is 48.0 Å². The van der Waals surface area contributed by atoms with Crippen LogP contribution in [0.3, 0.4) is 0 Å². The number of sulfonamides is 1. The molecule has 1 aliphatic rings. The number of nitrogens with one attached hydrogen (secondary N) is 1. The lowest BCUT2D eigenvalue weighted by Gasteiger charge is -2.40. The zero-order chi connectivity index (χ0) is 24.5. The second-order valence-corrected chi connectivity index (χ2v) is 11.2. The van der Waals surface area contributed by atoms with Crippen LogP contribution in [0, 0.1) is 5.92 Å². The fraction of sp³-hybridized carbons (Fsp3) is 0.269. The van der Waals surface area contributed by atoms with Crippen molar-refractivity contribution >= 4 is 27.6 Å². The van der Waals surface area contributed by atoms with Gasteiger partial charge in [0.25, 0.3) is 0 Å². The third kappa shape index (κ3) is 5.43. The third-order valence-electron chi connectivity index (χ3n) is 6.15. The minimum atomic E-state index is -3.93. The third-order valence-corrected chi connectivity index (χ3v) is 7.78. The molecular weight excluding hydrogens is 474 g/mol. The highest BCUT2D eigenvalue weighted by Gasteiger charge is 2.37. The number of hydrogen-bond acceptors (Lipinski definition) is 4. The predicted octanol–water partition coefficient (Wildman–Crippen LogP) is 4.94. The van der Waals surface area contributed by atoms with Gasteiger partial charge in [0.05, 0.1) is 4.90 Å². The van der Waals surface area contributed by atoms with E-state index < -0.39 is 28.1 Å². The van der Waals surface area contributed by atoms with E-state index in [1.165, 1.54) is 6.07 Å². The van der Waals surface area contributed by atoms with Crippen molar-refractivity contribution in [1.82, 2.24) is 4.72 Å². The Morgan fingerprint density at radius 2 is 1.79 bits per heavy atom. The maximum Gasteiger partial charge on any atom is 0.318 e. The van der Waals surface area contributed by atoms with Gasteiger partial charge in [-0.25, -0.2) is 8.42 Å². The smallest absolute Gasteiger partial charge is 0.318 e. The number of benzene rings is 3. The second-order valence-electron chi connectivity index (χ2n) is 9.01. The van der Waals surface area contributed by atoms with E-state index >= 15 is 0 Å². The highest BCUT2D eigenvalue weighted by molar-refractivity contribution is 7.89. The number of hydrogen-bond donors (Lipinski definition) is 2. The molecule has 8 heteroatoms. The number of halogens is 1. The summed E-state index contributed by atoms with van der Waals surface area (Å²) in [6, 6.07) is 20.7. The minimum absolute atomic E-state index is 0.0255. The molecule has 0 amide bonds. The van der Waals surface area contributed by atoms with Gasteiger partial charge in [0, 0.05) is 10.9 Å². The summed E-state index contributed by atoms with van der Waals surface area (Å²) in [5, 5.41) is 9.49. The SMILES string of the molecule is CC1(C)Oc2ccc(S(=O)(=O)NCC(=O)O)cc2CC1Cc1cccc(-c2cccc(Cl)c2)c1. The Hall–Kier alpha value is -2.87. The van der Waals surface area contributed by atoms with Crippen LogP contribution in [0.1, 0.15) is 25.0 Å². The second kappa shape index (κ2) is 9.41. The Morgan fingerprint density at radius 1 is 1.09 bits per heavy atom. The van der Waals surface area contributed by atoms with Crippen LogP contribution in [0.25, 0.3) is 11.1 Å². The van der Waals surface area contributed by atoms with Crippen molar-refractivity contribution in [3.05, 3.63) is 82.9 Å². The van der Waals surface area contributed by atoms with E-state index in [4.69, 9.17) is 21.4 Å². The molecule has 1 atom stereocenters. The number of rotatable bonds is 7. The first-order valence-electron chi connectivity index (χ1n) is 10.9. The average Bonchev–Trinajstić information content (AvgIpc) is 2.78. The van der Waals surface area contributed by atoms with E-state index in [1.54, 1.807) is 12.1 Å². The first-order chi connectivity index (χ1) is 16.0. The molecule has 0 bridgehead atoms. The van der Waals surface area contributed by atoms with E-state index in [0.717, 1.165) is 28.7 Å². The van der Waals surface area contributed by atoms with Gasteiger partial charge in [-0.05, 0) is 79.3 Å². The van der Waals surface area contributed by atoms with Crippen molar-refractivity contribution in [2.24, 2.45) is 5.92 Å². The molecule has 0 saturated carbocycles. The van der Waals surface area contributed by atoms with Gasteiger partial charge in [-0.3, -0.25) is 4.79 Å². The minimum Gasteiger partial charge on any atom is -0.487 e. The molecule has 3 aromatic carbocycles. The molecule has 34 heavy (non-hydrogen) atoms. The maximum atomic E-state index is 12.5. The van der Waals surface area contributed by atoms with Crippen LogP contribution in [0.4, 0.5) is 0 Å². The largest absolute Gasteiger partial charge is 0.487 e. The lowest BCUT2D eigenvalue weighted by molar-refractivity contribution is -0.135. The van der Waals surface area contributed by atoms with Crippen LogP contribution in [0.15, 0.2) is 71.6 Å². The Morgan fingerprint density at radius 3 is 2.50 bits per heavy atom. The van der Waals surface area contributed by atoms with Crippen LogP contribution in [0.5, 0.6) is 5.75 Å². The summed E-state index contributed by atoms with van der Waals surface area (Å²) in [7, 11) is -3.93. The molecule has 0 fully saturated rings. The van der Waals surface area contributed by atoms with Gasteiger partial charge in [-0.15, -0.1) is 0 Å². The Balaban J connectivity index is 1.59. The van der Waals surface area contributed by atoms with E-state index in [-0.39, 0.29) is 10.8 Å². The summed E-state index contributed by atoms with van der Waals surface area (Å²) in [5.74, 6) is -0.502. The van der Waals surface area contributed by atoms with Crippen molar-refractivity contribution in [2.45, 2.75) is 37.2 Å². The topological polar surface area (TPSA) is 92.7 Å². The van der Waals surface area contributed by atoms with Crippen molar-refractivity contribution in [1.29, 1.82) is 0 Å². The highest BCUT2D eigenvalue weighted by Crippen LogP contribution is 2.39. The molecule has 1 aliphatic heterocycles. The molecule has 1 heterocycles. The first kappa shape index (κ1) is 24.3. The fourth-order valence-corrected chi connectivity index (χ4v) is 5.46. The van der Waals surface area contributed by atoms with Crippen molar-refractivity contribution in [2.75, 3.05) is 6.54 Å². The van der Waals surface area contributed by atoms with Gasteiger partial charge >= 0.3 is 5.97 Å². The Bertz CT molecular complexity index is 1340. The summed E-state index contributed by atoms with van der Waals surface area (Å²) in [5.41, 5.74) is 3.60. The summed E-state index contributed by atoms with van der Waals surface area (Å²) in [6.45, 7) is 3.41. The first-order valence-corrected chi connectivity index (χ1v) is 12.8. The van der Waals surface area contributed by atoms with E-state index in [1.807, 2.05) is 50.2 Å². The standard InChI is InChI=1S/C26H26ClNO5S/c1-26(2)21(12-17-5-3-6-18(11-17)19-7-4-8-22(27)14-19)13-20-15-23(9-10-24(20)33-26)34(31,32)28-16-25(29)30/h3-11,14-15,21,28H,12-13,16H2,1-2H3,(H,29,30). The molecule has 1 unspecified atom stereocenters. The van der Waals surface area contributed by atoms with Crippen molar-refractivity contribution < 1.29 is 23.1 Å². The van der Waals surface area contributed by atoms with E-state index in [2.05, 4.69) is 16.9 Å². The summed E-state index contributed by atoms with van der Waals surface area (Å²) >= 11 is 6.16. The summed E-state index contributed by atoms with van der Waals surface area (Å²) < 4.78 is 33.4. The number of carbonyl (C=O) groups is 1. The molecule has 0 radical (unpaired) electrons. The monoisotopic (exact) mass is 499 g/mol. The normalized spacial score (nSPS) is 17.0. The van der Waals surface area contributed by atoms with Gasteiger partial charge in [0.2, 0.25) is 10.0 Å². The number of carboxylic acids is 1. The van der Waals surface area contributed by atoms with Gasteiger partial charge in [-0.2, -0.15) is 4.72 Å². The maximum absolute atomic E-state index is 12.5. The van der Waals surface area contributed by atoms with Crippen LogP contribution in [-0.2, 0) is 27.7 Å². The van der Waals surface area contributed by atoms with E-state index in [9.17, 15) is 13.2 Å². The van der Waals surface area contributed by atoms with Crippen LogP contribution in [-0.4, -0.2) is 31.6 Å². The molecule has 0 spiro atoms. The Kier molecular flexibility index (Phi) is 6.71. The number of carboxylic acid groups (broad SMARTS) is 1. The van der Waals surface area contributed by atoms with Crippen molar-refractivity contribution in [3.8, 4) is 16.9 Å². The van der Waals surface area contributed by atoms with Gasteiger partial charge < -0.3 is 9.84 Å². The van der Waals surface area contributed by atoms with Gasteiger partial charge in [0.1, 0.15) is 17.9 Å². The number of aliphatic carboxylic acids is 1. The average molecular weight is 500 g/mol. The molecule has 178 valence electrons. The lowest BCUT2D eigenvalue weighted by atomic mass is 9.78. The molecule has 0 aromatic heterocycles.